The molecule has 0 saturated carbocycles. The van der Waals surface area contributed by atoms with Crippen molar-refractivity contribution in [3.63, 3.8) is 0 Å². The molecule has 0 bridgehead atoms. The summed E-state index contributed by atoms with van der Waals surface area (Å²) in [5.74, 6) is 1.09. The molecule has 3 aliphatic rings. The van der Waals surface area contributed by atoms with Gasteiger partial charge in [-0.05, 0) is 31.4 Å². The number of aromatic nitrogens is 1. The quantitative estimate of drug-likeness (QED) is 0.824. The summed E-state index contributed by atoms with van der Waals surface area (Å²) in [5.41, 5.74) is 0.707. The first-order chi connectivity index (χ1) is 12.8. The number of fused-ring (bicyclic) bond motifs is 1. The van der Waals surface area contributed by atoms with Crippen LogP contribution >= 0.6 is 0 Å². The van der Waals surface area contributed by atoms with Crippen LogP contribution in [0, 0.1) is 0 Å². The number of carbonyl (C=O) groups excluding carboxylic acids is 1. The third-order valence-electron chi connectivity index (χ3n) is 5.95. The molecule has 3 saturated heterocycles. The molecule has 142 valence electrons. The minimum Gasteiger partial charge on any atom is -0.378 e. The molecule has 3 aliphatic heterocycles. The van der Waals surface area contributed by atoms with Crippen LogP contribution < -0.4 is 4.90 Å². The Bertz CT molecular complexity index is 613. The smallest absolute Gasteiger partial charge is 0.255 e. The van der Waals surface area contributed by atoms with Gasteiger partial charge in [0.15, 0.2) is 0 Å². The van der Waals surface area contributed by atoms with E-state index in [4.69, 9.17) is 4.74 Å². The number of anilines is 1. The molecule has 4 rings (SSSR count). The highest BCUT2D eigenvalue weighted by Gasteiger charge is 2.35. The number of morpholine rings is 1. The summed E-state index contributed by atoms with van der Waals surface area (Å²) in [4.78, 5) is 24.0. The minimum atomic E-state index is 0.120. The second-order valence-electron chi connectivity index (χ2n) is 7.72. The Morgan fingerprint density at radius 2 is 2.04 bits per heavy atom. The first-order valence-corrected chi connectivity index (χ1v) is 10.1. The highest BCUT2D eigenvalue weighted by Crippen LogP contribution is 2.24. The van der Waals surface area contributed by atoms with Crippen molar-refractivity contribution in [2.45, 2.75) is 44.7 Å². The van der Waals surface area contributed by atoms with Gasteiger partial charge in [0.25, 0.3) is 5.91 Å². The van der Waals surface area contributed by atoms with Crippen molar-refractivity contribution in [1.29, 1.82) is 0 Å². The van der Waals surface area contributed by atoms with E-state index in [1.807, 2.05) is 17.0 Å². The lowest BCUT2D eigenvalue weighted by Crippen LogP contribution is -2.62. The lowest BCUT2D eigenvalue weighted by Gasteiger charge is -2.48. The van der Waals surface area contributed by atoms with Crippen molar-refractivity contribution >= 4 is 11.7 Å². The lowest BCUT2D eigenvalue weighted by molar-refractivity contribution is -0.0558. The Morgan fingerprint density at radius 3 is 2.77 bits per heavy atom. The summed E-state index contributed by atoms with van der Waals surface area (Å²) in [6, 6.07) is 4.95. The monoisotopic (exact) mass is 358 g/mol. The number of likely N-dealkylation sites (tertiary alicyclic amines) is 1. The standard InChI is InChI=1S/C20H30N4O2/c1-2-5-17-14-26-15-18-13-23(10-11-24(17)18)19-7-6-16(12-21-19)20(25)22-8-3-4-9-22/h6-7,12,17-18H,2-5,8-11,13-15H2,1H3/t17-,18+/m0/s1. The van der Waals surface area contributed by atoms with E-state index in [9.17, 15) is 4.79 Å². The molecular weight excluding hydrogens is 328 g/mol. The number of amides is 1. The maximum Gasteiger partial charge on any atom is 0.255 e. The molecule has 0 radical (unpaired) electrons. The van der Waals surface area contributed by atoms with Gasteiger partial charge in [-0.1, -0.05) is 13.3 Å². The Hall–Kier alpha value is -1.66. The van der Waals surface area contributed by atoms with Crippen LogP contribution in [0.2, 0.25) is 0 Å². The zero-order valence-electron chi connectivity index (χ0n) is 15.8. The third kappa shape index (κ3) is 3.58. The number of pyridine rings is 1. The van der Waals surface area contributed by atoms with E-state index >= 15 is 0 Å². The van der Waals surface area contributed by atoms with Crippen LogP contribution in [0.4, 0.5) is 5.82 Å². The fourth-order valence-electron chi connectivity index (χ4n) is 4.53. The number of piperazine rings is 1. The summed E-state index contributed by atoms with van der Waals surface area (Å²) < 4.78 is 5.86. The second kappa shape index (κ2) is 7.92. The van der Waals surface area contributed by atoms with E-state index in [1.54, 1.807) is 6.20 Å². The van der Waals surface area contributed by atoms with Crippen LogP contribution in [0.25, 0.3) is 0 Å². The zero-order chi connectivity index (χ0) is 17.9. The van der Waals surface area contributed by atoms with Crippen LogP contribution in [0.5, 0.6) is 0 Å². The number of carbonyl (C=O) groups is 1. The van der Waals surface area contributed by atoms with Crippen molar-refractivity contribution in [3.05, 3.63) is 23.9 Å². The fraction of sp³-hybridized carbons (Fsp3) is 0.700. The molecule has 0 spiro atoms. The van der Waals surface area contributed by atoms with Crippen LogP contribution in [0.3, 0.4) is 0 Å². The molecule has 1 amide bonds. The largest absolute Gasteiger partial charge is 0.378 e. The summed E-state index contributed by atoms with van der Waals surface area (Å²) in [7, 11) is 0. The summed E-state index contributed by atoms with van der Waals surface area (Å²) in [6.07, 6.45) is 6.39. The van der Waals surface area contributed by atoms with Gasteiger partial charge in [0.2, 0.25) is 0 Å². The molecule has 0 N–H and O–H groups in total. The molecule has 0 unspecified atom stereocenters. The number of nitrogens with zero attached hydrogens (tertiary/aromatic N) is 4. The molecule has 3 fully saturated rings. The van der Waals surface area contributed by atoms with Gasteiger partial charge in [0.1, 0.15) is 5.82 Å². The molecule has 0 aromatic carbocycles. The number of rotatable bonds is 4. The van der Waals surface area contributed by atoms with E-state index in [1.165, 1.54) is 12.8 Å². The molecule has 6 heteroatoms. The van der Waals surface area contributed by atoms with Crippen molar-refractivity contribution in [1.82, 2.24) is 14.8 Å². The summed E-state index contributed by atoms with van der Waals surface area (Å²) >= 11 is 0. The molecule has 2 atom stereocenters. The second-order valence-corrected chi connectivity index (χ2v) is 7.72. The van der Waals surface area contributed by atoms with Crippen molar-refractivity contribution < 1.29 is 9.53 Å². The Morgan fingerprint density at radius 1 is 1.19 bits per heavy atom. The molecule has 0 aliphatic carbocycles. The van der Waals surface area contributed by atoms with Crippen molar-refractivity contribution in [3.8, 4) is 0 Å². The van der Waals surface area contributed by atoms with Gasteiger partial charge in [-0.15, -0.1) is 0 Å². The maximum atomic E-state index is 12.5. The van der Waals surface area contributed by atoms with E-state index in [2.05, 4.69) is 21.7 Å². The van der Waals surface area contributed by atoms with Crippen LogP contribution in [-0.2, 0) is 4.74 Å². The van der Waals surface area contributed by atoms with Gasteiger partial charge >= 0.3 is 0 Å². The van der Waals surface area contributed by atoms with E-state index in [0.29, 0.717) is 17.6 Å². The Balaban J connectivity index is 1.40. The molecule has 1 aromatic rings. The topological polar surface area (TPSA) is 48.9 Å². The predicted molar refractivity (Wildman–Crippen MR) is 102 cm³/mol. The minimum absolute atomic E-state index is 0.120. The molecule has 26 heavy (non-hydrogen) atoms. The van der Waals surface area contributed by atoms with Crippen molar-refractivity contribution in [2.75, 3.05) is 50.8 Å². The SMILES string of the molecule is CCC[C@H]1COC[C@H]2CN(c3ccc(C(=O)N4CCCC4)cn3)CCN12. The maximum absolute atomic E-state index is 12.5. The average molecular weight is 358 g/mol. The molecular formula is C20H30N4O2. The van der Waals surface area contributed by atoms with E-state index in [0.717, 1.165) is 64.6 Å². The Labute approximate surface area is 156 Å². The summed E-state index contributed by atoms with van der Waals surface area (Å²) in [5, 5.41) is 0. The Kier molecular flexibility index (Phi) is 5.41. The number of hydrogen-bond acceptors (Lipinski definition) is 5. The van der Waals surface area contributed by atoms with Gasteiger partial charge in [-0.25, -0.2) is 4.98 Å². The fourth-order valence-corrected chi connectivity index (χ4v) is 4.53. The highest BCUT2D eigenvalue weighted by molar-refractivity contribution is 5.94. The lowest BCUT2D eigenvalue weighted by atomic mass is 10.0. The number of hydrogen-bond donors (Lipinski definition) is 0. The van der Waals surface area contributed by atoms with Crippen molar-refractivity contribution in [2.24, 2.45) is 0 Å². The van der Waals surface area contributed by atoms with Gasteiger partial charge < -0.3 is 14.5 Å². The first-order valence-electron chi connectivity index (χ1n) is 10.1. The zero-order valence-corrected chi connectivity index (χ0v) is 15.8. The van der Waals surface area contributed by atoms with Crippen LogP contribution in [0.1, 0.15) is 43.0 Å². The third-order valence-corrected chi connectivity index (χ3v) is 5.95. The number of ether oxygens (including phenoxy) is 1. The normalized spacial score (nSPS) is 26.8. The van der Waals surface area contributed by atoms with E-state index < -0.39 is 0 Å². The van der Waals surface area contributed by atoms with Gasteiger partial charge in [-0.2, -0.15) is 0 Å². The summed E-state index contributed by atoms with van der Waals surface area (Å²) in [6.45, 7) is 8.68. The van der Waals surface area contributed by atoms with Crippen LogP contribution in [-0.4, -0.2) is 78.7 Å². The van der Waals surface area contributed by atoms with Gasteiger partial charge in [0.05, 0.1) is 24.8 Å². The van der Waals surface area contributed by atoms with Crippen LogP contribution in [0.15, 0.2) is 18.3 Å². The average Bonchev–Trinajstić information content (AvgIpc) is 3.22. The molecule has 4 heterocycles. The molecule has 6 nitrogen and oxygen atoms in total. The van der Waals surface area contributed by atoms with E-state index in [-0.39, 0.29) is 5.91 Å². The molecule has 1 aromatic heterocycles. The first kappa shape index (κ1) is 17.7. The van der Waals surface area contributed by atoms with Gasteiger partial charge in [0, 0.05) is 45.0 Å². The van der Waals surface area contributed by atoms with Gasteiger partial charge in [-0.3, -0.25) is 9.69 Å². The highest BCUT2D eigenvalue weighted by atomic mass is 16.5. The predicted octanol–water partition coefficient (Wildman–Crippen LogP) is 2.01.